The first-order valence-corrected chi connectivity index (χ1v) is 4.97. The van der Waals surface area contributed by atoms with Gasteiger partial charge < -0.3 is 15.2 Å². The van der Waals surface area contributed by atoms with E-state index in [4.69, 9.17) is 20.0 Å². The maximum Gasteiger partial charge on any atom is 0.184 e. The minimum absolute atomic E-state index is 0.285. The van der Waals surface area contributed by atoms with Gasteiger partial charge >= 0.3 is 0 Å². The van der Waals surface area contributed by atoms with E-state index in [-0.39, 0.29) is 6.73 Å². The monoisotopic (exact) mass is 225 g/mol. The van der Waals surface area contributed by atoms with Crippen LogP contribution in [0.2, 0.25) is 0 Å². The molecule has 0 bridgehead atoms. The van der Waals surface area contributed by atoms with Crippen molar-refractivity contribution in [3.05, 3.63) is 18.3 Å². The summed E-state index contributed by atoms with van der Waals surface area (Å²) in [5, 5.41) is 1.59. The van der Waals surface area contributed by atoms with Gasteiger partial charge in [-0.2, -0.15) is 0 Å². The minimum atomic E-state index is -0.583. The summed E-state index contributed by atoms with van der Waals surface area (Å²) in [7, 11) is 0. The first-order chi connectivity index (χ1) is 7.55. The average Bonchev–Trinajstić information content (AvgIpc) is 2.56. The van der Waals surface area contributed by atoms with Crippen molar-refractivity contribution in [3.63, 3.8) is 0 Å². The van der Waals surface area contributed by atoms with Crippen LogP contribution in [0.3, 0.4) is 0 Å². The molecule has 0 saturated carbocycles. The fourth-order valence-electron chi connectivity index (χ4n) is 1.32. The summed E-state index contributed by atoms with van der Waals surface area (Å²) >= 11 is 0. The van der Waals surface area contributed by atoms with Crippen LogP contribution < -0.4 is 10.5 Å². The van der Waals surface area contributed by atoms with E-state index < -0.39 is 5.79 Å². The number of nitrogens with zero attached hydrogens (tertiary/aromatic N) is 2. The van der Waals surface area contributed by atoms with Crippen LogP contribution in [0.15, 0.2) is 18.3 Å². The van der Waals surface area contributed by atoms with Crippen molar-refractivity contribution < 1.29 is 14.3 Å². The number of pyridine rings is 1. The smallest absolute Gasteiger partial charge is 0.184 e. The average molecular weight is 225 g/mol. The SMILES string of the molecule is CC1(C)OCN(COc2ccnc(N)c2)O1. The van der Waals surface area contributed by atoms with Crippen LogP contribution in [0.25, 0.3) is 0 Å². The Kier molecular flexibility index (Phi) is 2.95. The van der Waals surface area contributed by atoms with E-state index in [1.54, 1.807) is 23.4 Å². The van der Waals surface area contributed by atoms with E-state index in [1.807, 2.05) is 13.8 Å². The third-order valence-corrected chi connectivity index (χ3v) is 2.03. The van der Waals surface area contributed by atoms with Crippen LogP contribution in [0.1, 0.15) is 13.8 Å². The number of anilines is 1. The van der Waals surface area contributed by atoms with Gasteiger partial charge in [-0.1, -0.05) is 0 Å². The Morgan fingerprint density at radius 1 is 1.62 bits per heavy atom. The second-order valence-corrected chi connectivity index (χ2v) is 3.94. The van der Waals surface area contributed by atoms with Gasteiger partial charge in [0.1, 0.15) is 18.3 Å². The summed E-state index contributed by atoms with van der Waals surface area (Å²) in [6.07, 6.45) is 1.59. The van der Waals surface area contributed by atoms with E-state index in [0.717, 1.165) is 0 Å². The summed E-state index contributed by atoms with van der Waals surface area (Å²) in [4.78, 5) is 9.31. The van der Waals surface area contributed by atoms with Gasteiger partial charge in [0.15, 0.2) is 12.5 Å². The van der Waals surface area contributed by atoms with Gasteiger partial charge in [-0.25, -0.2) is 4.98 Å². The normalized spacial score (nSPS) is 19.9. The molecule has 1 aromatic heterocycles. The Bertz CT molecular complexity index is 370. The number of hydroxylamine groups is 2. The highest BCUT2D eigenvalue weighted by molar-refractivity contribution is 5.35. The molecule has 6 nitrogen and oxygen atoms in total. The van der Waals surface area contributed by atoms with Gasteiger partial charge in [0.2, 0.25) is 0 Å². The van der Waals surface area contributed by atoms with Gasteiger partial charge in [-0.05, 0) is 19.9 Å². The fourth-order valence-corrected chi connectivity index (χ4v) is 1.32. The van der Waals surface area contributed by atoms with Gasteiger partial charge in [0.25, 0.3) is 0 Å². The molecule has 0 aliphatic carbocycles. The molecular formula is C10H15N3O3. The minimum Gasteiger partial charge on any atom is -0.476 e. The van der Waals surface area contributed by atoms with Gasteiger partial charge in [-0.3, -0.25) is 4.84 Å². The van der Waals surface area contributed by atoms with Crippen LogP contribution in [0, 0.1) is 0 Å². The Labute approximate surface area is 93.9 Å². The first kappa shape index (κ1) is 11.1. The molecule has 1 aliphatic heterocycles. The van der Waals surface area contributed by atoms with E-state index in [9.17, 15) is 0 Å². The van der Waals surface area contributed by atoms with E-state index >= 15 is 0 Å². The molecule has 88 valence electrons. The molecular weight excluding hydrogens is 210 g/mol. The molecule has 2 rings (SSSR count). The second-order valence-electron chi connectivity index (χ2n) is 3.94. The van der Waals surface area contributed by atoms with Crippen molar-refractivity contribution in [3.8, 4) is 5.75 Å². The highest BCUT2D eigenvalue weighted by atomic mass is 16.9. The Morgan fingerprint density at radius 3 is 3.06 bits per heavy atom. The van der Waals surface area contributed by atoms with Crippen molar-refractivity contribution in [1.82, 2.24) is 10.0 Å². The summed E-state index contributed by atoms with van der Waals surface area (Å²) in [5.74, 6) is 0.498. The lowest BCUT2D eigenvalue weighted by Gasteiger charge is -2.17. The van der Waals surface area contributed by atoms with Crippen LogP contribution >= 0.6 is 0 Å². The molecule has 0 unspecified atom stereocenters. The maximum absolute atomic E-state index is 5.52. The lowest BCUT2D eigenvalue weighted by Crippen LogP contribution is -2.27. The van der Waals surface area contributed by atoms with Crippen LogP contribution in [0.5, 0.6) is 5.75 Å². The predicted molar refractivity (Wildman–Crippen MR) is 57.1 cm³/mol. The third kappa shape index (κ3) is 2.82. The number of hydrogen-bond acceptors (Lipinski definition) is 6. The standard InChI is InChI=1S/C10H15N3O3/c1-10(2)15-7-13(16-10)6-14-8-3-4-12-9(11)5-8/h3-5H,6-7H2,1-2H3,(H2,11,12). The molecule has 0 amide bonds. The van der Waals surface area contributed by atoms with Crippen LogP contribution in [-0.4, -0.2) is 29.3 Å². The molecule has 2 heterocycles. The summed E-state index contributed by atoms with van der Waals surface area (Å²) in [5.41, 5.74) is 5.52. The molecule has 1 saturated heterocycles. The first-order valence-electron chi connectivity index (χ1n) is 4.97. The zero-order chi connectivity index (χ0) is 11.6. The molecule has 0 radical (unpaired) electrons. The zero-order valence-electron chi connectivity index (χ0n) is 9.34. The summed E-state index contributed by atoms with van der Waals surface area (Å²) in [6.45, 7) is 4.36. The summed E-state index contributed by atoms with van der Waals surface area (Å²) < 4.78 is 10.8. The highest BCUT2D eigenvalue weighted by Crippen LogP contribution is 2.21. The predicted octanol–water partition coefficient (Wildman–Crippen LogP) is 0.957. The number of ether oxygens (including phenoxy) is 2. The zero-order valence-corrected chi connectivity index (χ0v) is 9.34. The van der Waals surface area contributed by atoms with Crippen molar-refractivity contribution in [1.29, 1.82) is 0 Å². The van der Waals surface area contributed by atoms with Gasteiger partial charge in [0.05, 0.1) is 0 Å². The lowest BCUT2D eigenvalue weighted by atomic mass is 10.4. The molecule has 6 heteroatoms. The number of nitrogen functional groups attached to an aromatic ring is 1. The van der Waals surface area contributed by atoms with E-state index in [2.05, 4.69) is 4.98 Å². The van der Waals surface area contributed by atoms with Crippen LogP contribution in [0.4, 0.5) is 5.82 Å². The molecule has 16 heavy (non-hydrogen) atoms. The molecule has 1 aliphatic rings. The number of aromatic nitrogens is 1. The molecule has 2 N–H and O–H groups in total. The molecule has 1 fully saturated rings. The third-order valence-electron chi connectivity index (χ3n) is 2.03. The van der Waals surface area contributed by atoms with Crippen molar-refractivity contribution in [2.45, 2.75) is 19.6 Å². The fraction of sp³-hybridized carbons (Fsp3) is 0.500. The van der Waals surface area contributed by atoms with Crippen molar-refractivity contribution >= 4 is 5.82 Å². The lowest BCUT2D eigenvalue weighted by molar-refractivity contribution is -0.230. The molecule has 0 aromatic carbocycles. The van der Waals surface area contributed by atoms with Crippen LogP contribution in [-0.2, 0) is 9.57 Å². The molecule has 0 spiro atoms. The largest absolute Gasteiger partial charge is 0.476 e. The van der Waals surface area contributed by atoms with E-state index in [1.165, 1.54) is 0 Å². The second kappa shape index (κ2) is 4.25. The number of rotatable bonds is 3. The Hall–Kier alpha value is -1.37. The topological polar surface area (TPSA) is 69.8 Å². The van der Waals surface area contributed by atoms with E-state index in [0.29, 0.717) is 18.3 Å². The molecule has 0 atom stereocenters. The Morgan fingerprint density at radius 2 is 2.44 bits per heavy atom. The molecule has 1 aromatic rings. The quantitative estimate of drug-likeness (QED) is 0.826. The van der Waals surface area contributed by atoms with Gasteiger partial charge in [-0.15, -0.1) is 5.06 Å². The number of hydrogen-bond donors (Lipinski definition) is 1. The maximum atomic E-state index is 5.52. The Balaban J connectivity index is 1.84. The number of nitrogens with two attached hydrogens (primary N) is 1. The van der Waals surface area contributed by atoms with Crippen molar-refractivity contribution in [2.24, 2.45) is 0 Å². The van der Waals surface area contributed by atoms with Crippen molar-refractivity contribution in [2.75, 3.05) is 19.2 Å². The van der Waals surface area contributed by atoms with Gasteiger partial charge in [0, 0.05) is 12.3 Å². The summed E-state index contributed by atoms with van der Waals surface area (Å²) in [6, 6.07) is 3.39. The highest BCUT2D eigenvalue weighted by Gasteiger charge is 2.31.